The highest BCUT2D eigenvalue weighted by Crippen LogP contribution is 2.13. The number of methoxy groups -OCH3 is 2. The zero-order chi connectivity index (χ0) is 11.1. The average Bonchev–Trinajstić information content (AvgIpc) is 2.23. The molecule has 0 aliphatic rings. The summed E-state index contributed by atoms with van der Waals surface area (Å²) in [5, 5.41) is 3.10. The summed E-state index contributed by atoms with van der Waals surface area (Å²) in [6.45, 7) is 1.48. The first kappa shape index (κ1) is 11.5. The lowest BCUT2D eigenvalue weighted by Crippen LogP contribution is -2.08. The van der Waals surface area contributed by atoms with Gasteiger partial charge in [0.1, 0.15) is 5.82 Å². The Bertz CT molecular complexity index is 306. The highest BCUT2D eigenvalue weighted by Gasteiger charge is 2.01. The van der Waals surface area contributed by atoms with E-state index >= 15 is 0 Å². The van der Waals surface area contributed by atoms with Crippen LogP contribution in [0.5, 0.6) is 5.88 Å². The fourth-order valence-electron chi connectivity index (χ4n) is 1.07. The molecule has 0 amide bonds. The predicted molar refractivity (Wildman–Crippen MR) is 58.0 cm³/mol. The molecule has 6 heteroatoms. The number of rotatable bonds is 6. The van der Waals surface area contributed by atoms with Crippen LogP contribution < -0.4 is 15.8 Å². The van der Waals surface area contributed by atoms with Crippen molar-refractivity contribution in [3.63, 3.8) is 0 Å². The third kappa shape index (κ3) is 3.99. The zero-order valence-corrected chi connectivity index (χ0v) is 8.99. The van der Waals surface area contributed by atoms with Gasteiger partial charge >= 0.3 is 0 Å². The molecule has 0 spiro atoms. The summed E-state index contributed by atoms with van der Waals surface area (Å²) in [5.74, 6) is 1.32. The second-order valence-corrected chi connectivity index (χ2v) is 2.93. The normalized spacial score (nSPS) is 10.0. The molecule has 0 aliphatic heterocycles. The van der Waals surface area contributed by atoms with Crippen LogP contribution in [-0.4, -0.2) is 37.3 Å². The molecule has 3 N–H and O–H groups in total. The molecule has 0 atom stereocenters. The zero-order valence-electron chi connectivity index (χ0n) is 8.99. The monoisotopic (exact) mass is 212 g/mol. The van der Waals surface area contributed by atoms with E-state index < -0.39 is 0 Å². The van der Waals surface area contributed by atoms with Crippen molar-refractivity contribution in [3.05, 3.63) is 6.07 Å². The molecule has 0 saturated carbocycles. The van der Waals surface area contributed by atoms with Gasteiger partial charge in [-0.3, -0.25) is 0 Å². The Balaban J connectivity index is 2.49. The van der Waals surface area contributed by atoms with Crippen LogP contribution in [0.3, 0.4) is 0 Å². The topological polar surface area (TPSA) is 82.3 Å². The second-order valence-electron chi connectivity index (χ2n) is 2.93. The molecule has 84 valence electrons. The maximum absolute atomic E-state index is 5.50. The fraction of sp³-hybridized carbons (Fsp3) is 0.556. The Kier molecular flexibility index (Phi) is 4.62. The van der Waals surface area contributed by atoms with E-state index in [1.54, 1.807) is 13.2 Å². The van der Waals surface area contributed by atoms with Crippen LogP contribution in [0.1, 0.15) is 6.42 Å². The lowest BCUT2D eigenvalue weighted by molar-refractivity contribution is 0.198. The van der Waals surface area contributed by atoms with Crippen LogP contribution in [0.4, 0.5) is 11.8 Å². The quantitative estimate of drug-likeness (QED) is 0.669. The standard InChI is InChI=1S/C9H16N4O2/c1-14-5-3-4-11-7-6-8(15-2)13-9(10)12-7/h6H,3-5H2,1-2H3,(H3,10,11,12,13). The van der Waals surface area contributed by atoms with Crippen LogP contribution in [0.2, 0.25) is 0 Å². The minimum absolute atomic E-state index is 0.198. The summed E-state index contributed by atoms with van der Waals surface area (Å²) >= 11 is 0. The maximum atomic E-state index is 5.50. The van der Waals surface area contributed by atoms with Crippen molar-refractivity contribution >= 4 is 11.8 Å². The molecule has 6 nitrogen and oxygen atoms in total. The first-order valence-electron chi connectivity index (χ1n) is 4.67. The Hall–Kier alpha value is -1.56. The molecule has 0 aromatic carbocycles. The number of nitrogen functional groups attached to an aromatic ring is 1. The summed E-state index contributed by atoms with van der Waals surface area (Å²) in [4.78, 5) is 7.89. The molecule has 0 unspecified atom stereocenters. The number of nitrogens with two attached hydrogens (primary N) is 1. The summed E-state index contributed by atoms with van der Waals surface area (Å²) in [6.07, 6.45) is 0.905. The van der Waals surface area contributed by atoms with Gasteiger partial charge in [-0.15, -0.1) is 0 Å². The van der Waals surface area contributed by atoms with Gasteiger partial charge in [0.25, 0.3) is 0 Å². The fourth-order valence-corrected chi connectivity index (χ4v) is 1.07. The van der Waals surface area contributed by atoms with Gasteiger partial charge in [-0.25, -0.2) is 0 Å². The third-order valence-corrected chi connectivity index (χ3v) is 1.76. The highest BCUT2D eigenvalue weighted by molar-refractivity contribution is 5.42. The molecule has 1 aromatic rings. The number of hydrogen-bond donors (Lipinski definition) is 2. The van der Waals surface area contributed by atoms with E-state index in [1.807, 2.05) is 0 Å². The molecule has 0 fully saturated rings. The molecular formula is C9H16N4O2. The molecule has 1 aromatic heterocycles. The second kappa shape index (κ2) is 6.02. The van der Waals surface area contributed by atoms with Crippen molar-refractivity contribution in [2.45, 2.75) is 6.42 Å². The van der Waals surface area contributed by atoms with Gasteiger partial charge in [-0.05, 0) is 6.42 Å². The predicted octanol–water partition coefficient (Wildman–Crippen LogP) is 0.516. The molecule has 0 radical (unpaired) electrons. The van der Waals surface area contributed by atoms with Crippen molar-refractivity contribution in [2.75, 3.05) is 38.4 Å². The molecule has 0 bridgehead atoms. The van der Waals surface area contributed by atoms with Gasteiger partial charge in [0, 0.05) is 26.3 Å². The van der Waals surface area contributed by atoms with Gasteiger partial charge in [0.05, 0.1) is 7.11 Å². The highest BCUT2D eigenvalue weighted by atomic mass is 16.5. The average molecular weight is 212 g/mol. The Labute approximate surface area is 88.8 Å². The minimum atomic E-state index is 0.198. The van der Waals surface area contributed by atoms with Crippen LogP contribution in [-0.2, 0) is 4.74 Å². The molecule has 15 heavy (non-hydrogen) atoms. The Morgan fingerprint density at radius 3 is 2.87 bits per heavy atom. The lowest BCUT2D eigenvalue weighted by atomic mass is 10.4. The van der Waals surface area contributed by atoms with Crippen molar-refractivity contribution in [1.29, 1.82) is 0 Å². The SMILES string of the molecule is COCCCNc1cc(OC)nc(N)n1. The number of anilines is 2. The lowest BCUT2D eigenvalue weighted by Gasteiger charge is -2.07. The van der Waals surface area contributed by atoms with Gasteiger partial charge in [-0.1, -0.05) is 0 Å². The van der Waals surface area contributed by atoms with Gasteiger partial charge in [0.2, 0.25) is 11.8 Å². The number of aromatic nitrogens is 2. The van der Waals surface area contributed by atoms with Gasteiger partial charge < -0.3 is 20.5 Å². The smallest absolute Gasteiger partial charge is 0.225 e. The van der Waals surface area contributed by atoms with E-state index in [2.05, 4.69) is 15.3 Å². The van der Waals surface area contributed by atoms with E-state index in [4.69, 9.17) is 15.2 Å². The Morgan fingerprint density at radius 2 is 2.20 bits per heavy atom. The molecule has 0 saturated heterocycles. The minimum Gasteiger partial charge on any atom is -0.481 e. The van der Waals surface area contributed by atoms with Crippen LogP contribution in [0.25, 0.3) is 0 Å². The molecule has 1 rings (SSSR count). The first-order valence-corrected chi connectivity index (χ1v) is 4.67. The van der Waals surface area contributed by atoms with E-state index in [9.17, 15) is 0 Å². The van der Waals surface area contributed by atoms with E-state index in [0.717, 1.165) is 13.0 Å². The first-order chi connectivity index (χ1) is 7.26. The molecule has 0 aliphatic carbocycles. The van der Waals surface area contributed by atoms with E-state index in [1.165, 1.54) is 7.11 Å². The largest absolute Gasteiger partial charge is 0.481 e. The number of ether oxygens (including phenoxy) is 2. The summed E-state index contributed by atoms with van der Waals surface area (Å²) in [6, 6.07) is 1.70. The maximum Gasteiger partial charge on any atom is 0.225 e. The van der Waals surface area contributed by atoms with Crippen LogP contribution in [0, 0.1) is 0 Å². The molecular weight excluding hydrogens is 196 g/mol. The van der Waals surface area contributed by atoms with Crippen LogP contribution >= 0.6 is 0 Å². The summed E-state index contributed by atoms with van der Waals surface area (Å²) in [5.41, 5.74) is 5.50. The van der Waals surface area contributed by atoms with Gasteiger partial charge in [-0.2, -0.15) is 9.97 Å². The number of nitrogens with zero attached hydrogens (tertiary/aromatic N) is 2. The van der Waals surface area contributed by atoms with Crippen LogP contribution in [0.15, 0.2) is 6.07 Å². The van der Waals surface area contributed by atoms with Crippen molar-refractivity contribution in [3.8, 4) is 5.88 Å². The van der Waals surface area contributed by atoms with Crippen molar-refractivity contribution < 1.29 is 9.47 Å². The van der Waals surface area contributed by atoms with E-state index in [0.29, 0.717) is 18.3 Å². The molecule has 1 heterocycles. The van der Waals surface area contributed by atoms with E-state index in [-0.39, 0.29) is 5.95 Å². The van der Waals surface area contributed by atoms with Gasteiger partial charge in [0.15, 0.2) is 0 Å². The number of hydrogen-bond acceptors (Lipinski definition) is 6. The summed E-state index contributed by atoms with van der Waals surface area (Å²) < 4.78 is 9.89. The Morgan fingerprint density at radius 1 is 1.40 bits per heavy atom. The third-order valence-electron chi connectivity index (χ3n) is 1.76. The number of nitrogens with one attached hydrogen (secondary N) is 1. The van der Waals surface area contributed by atoms with Crippen molar-refractivity contribution in [1.82, 2.24) is 9.97 Å². The van der Waals surface area contributed by atoms with Crippen molar-refractivity contribution in [2.24, 2.45) is 0 Å². The summed E-state index contributed by atoms with van der Waals surface area (Å²) in [7, 11) is 3.21.